The van der Waals surface area contributed by atoms with Crippen LogP contribution in [-0.4, -0.2) is 37.7 Å². The lowest BCUT2D eigenvalue weighted by Crippen LogP contribution is -2.40. The van der Waals surface area contributed by atoms with Gasteiger partial charge in [-0.1, -0.05) is 13.8 Å². The molecule has 6 heteroatoms. The van der Waals surface area contributed by atoms with E-state index in [9.17, 15) is 0 Å². The van der Waals surface area contributed by atoms with E-state index in [0.717, 1.165) is 18.3 Å². The van der Waals surface area contributed by atoms with Crippen molar-refractivity contribution in [1.82, 2.24) is 15.6 Å². The van der Waals surface area contributed by atoms with E-state index in [1.54, 1.807) is 19.4 Å². The molecule has 1 aromatic heterocycles. The Hall–Kier alpha value is -1.05. The SMILES string of the molecule is CN=C(NCCOc1cccnc1)NCC(C)C.I. The number of nitrogens with one attached hydrogen (secondary N) is 2. The van der Waals surface area contributed by atoms with Gasteiger partial charge in [0.15, 0.2) is 5.96 Å². The zero-order valence-corrected chi connectivity index (χ0v) is 14.0. The molecule has 0 radical (unpaired) electrons. The second-order valence-electron chi connectivity index (χ2n) is 4.31. The topological polar surface area (TPSA) is 58.5 Å². The van der Waals surface area contributed by atoms with Crippen molar-refractivity contribution in [2.75, 3.05) is 26.7 Å². The predicted octanol–water partition coefficient (Wildman–Crippen LogP) is 1.90. The molecule has 0 saturated carbocycles. The Morgan fingerprint density at radius 2 is 2.21 bits per heavy atom. The molecular formula is C13H23IN4O. The number of hydrogen-bond acceptors (Lipinski definition) is 3. The highest BCUT2D eigenvalue weighted by molar-refractivity contribution is 14.0. The fourth-order valence-corrected chi connectivity index (χ4v) is 1.29. The number of guanidine groups is 1. The van der Waals surface area contributed by atoms with Gasteiger partial charge >= 0.3 is 0 Å². The number of aliphatic imine (C=N–C) groups is 1. The Morgan fingerprint density at radius 3 is 2.79 bits per heavy atom. The molecule has 0 aromatic carbocycles. The van der Waals surface area contributed by atoms with Crippen molar-refractivity contribution in [2.45, 2.75) is 13.8 Å². The molecule has 0 aliphatic heterocycles. The van der Waals surface area contributed by atoms with Crippen molar-refractivity contribution < 1.29 is 4.74 Å². The number of nitrogens with zero attached hydrogens (tertiary/aromatic N) is 2. The van der Waals surface area contributed by atoms with Crippen LogP contribution in [0.25, 0.3) is 0 Å². The zero-order valence-electron chi connectivity index (χ0n) is 11.7. The van der Waals surface area contributed by atoms with Gasteiger partial charge in [-0.25, -0.2) is 0 Å². The molecule has 0 unspecified atom stereocenters. The lowest BCUT2D eigenvalue weighted by Gasteiger charge is -2.13. The summed E-state index contributed by atoms with van der Waals surface area (Å²) in [5.74, 6) is 2.18. The third-order valence-corrected chi connectivity index (χ3v) is 2.20. The van der Waals surface area contributed by atoms with Gasteiger partial charge in [0.2, 0.25) is 0 Å². The lowest BCUT2D eigenvalue weighted by atomic mass is 10.2. The average molecular weight is 378 g/mol. The Labute approximate surface area is 132 Å². The van der Waals surface area contributed by atoms with Crippen LogP contribution in [0.15, 0.2) is 29.5 Å². The third-order valence-electron chi connectivity index (χ3n) is 2.20. The molecule has 0 aliphatic carbocycles. The maximum atomic E-state index is 5.52. The predicted molar refractivity (Wildman–Crippen MR) is 89.3 cm³/mol. The van der Waals surface area contributed by atoms with Gasteiger partial charge < -0.3 is 15.4 Å². The van der Waals surface area contributed by atoms with Crippen LogP contribution in [0.3, 0.4) is 0 Å². The second kappa shape index (κ2) is 10.8. The van der Waals surface area contributed by atoms with Crippen LogP contribution in [-0.2, 0) is 0 Å². The summed E-state index contributed by atoms with van der Waals surface area (Å²) in [6, 6.07) is 3.74. The molecule has 19 heavy (non-hydrogen) atoms. The van der Waals surface area contributed by atoms with E-state index in [4.69, 9.17) is 4.74 Å². The highest BCUT2D eigenvalue weighted by Gasteiger charge is 1.98. The number of hydrogen-bond donors (Lipinski definition) is 2. The Kier molecular flexibility index (Phi) is 10.2. The van der Waals surface area contributed by atoms with Gasteiger partial charge in [0.05, 0.1) is 12.7 Å². The maximum absolute atomic E-state index is 5.52. The zero-order chi connectivity index (χ0) is 13.2. The van der Waals surface area contributed by atoms with Crippen molar-refractivity contribution in [1.29, 1.82) is 0 Å². The first-order valence-electron chi connectivity index (χ1n) is 6.19. The van der Waals surface area contributed by atoms with Crippen LogP contribution < -0.4 is 15.4 Å². The molecule has 108 valence electrons. The fraction of sp³-hybridized carbons (Fsp3) is 0.538. The summed E-state index contributed by atoms with van der Waals surface area (Å²) in [6.45, 7) is 6.50. The molecule has 2 N–H and O–H groups in total. The van der Waals surface area contributed by atoms with Gasteiger partial charge in [0.1, 0.15) is 12.4 Å². The number of halogens is 1. The van der Waals surface area contributed by atoms with Gasteiger partial charge in [0, 0.05) is 19.8 Å². The number of pyridine rings is 1. The summed E-state index contributed by atoms with van der Waals surface area (Å²) in [7, 11) is 1.76. The fourth-order valence-electron chi connectivity index (χ4n) is 1.29. The molecular weight excluding hydrogens is 355 g/mol. The number of ether oxygens (including phenoxy) is 1. The van der Waals surface area contributed by atoms with Crippen LogP contribution in [0.2, 0.25) is 0 Å². The first-order valence-corrected chi connectivity index (χ1v) is 6.19. The van der Waals surface area contributed by atoms with Crippen LogP contribution in [0, 0.1) is 5.92 Å². The summed E-state index contributed by atoms with van der Waals surface area (Å²) < 4.78 is 5.52. The molecule has 0 spiro atoms. The minimum absolute atomic E-state index is 0. The van der Waals surface area contributed by atoms with Gasteiger partial charge in [0.25, 0.3) is 0 Å². The van der Waals surface area contributed by atoms with E-state index in [1.165, 1.54) is 0 Å². The van der Waals surface area contributed by atoms with Crippen molar-refractivity contribution in [2.24, 2.45) is 10.9 Å². The van der Waals surface area contributed by atoms with Crippen LogP contribution in [0.4, 0.5) is 0 Å². The van der Waals surface area contributed by atoms with E-state index < -0.39 is 0 Å². The Bertz CT molecular complexity index is 357. The van der Waals surface area contributed by atoms with Crippen molar-refractivity contribution in [3.8, 4) is 5.75 Å². The monoisotopic (exact) mass is 378 g/mol. The highest BCUT2D eigenvalue weighted by Crippen LogP contribution is 2.04. The molecule has 1 aromatic rings. The Balaban J connectivity index is 0.00000324. The molecule has 0 saturated heterocycles. The van der Waals surface area contributed by atoms with E-state index in [1.807, 2.05) is 12.1 Å². The van der Waals surface area contributed by atoms with Crippen LogP contribution >= 0.6 is 24.0 Å². The van der Waals surface area contributed by atoms with Crippen molar-refractivity contribution >= 4 is 29.9 Å². The molecule has 0 amide bonds. The van der Waals surface area contributed by atoms with Crippen molar-refractivity contribution in [3.05, 3.63) is 24.5 Å². The molecule has 5 nitrogen and oxygen atoms in total. The molecule has 1 rings (SSSR count). The largest absolute Gasteiger partial charge is 0.490 e. The maximum Gasteiger partial charge on any atom is 0.191 e. The molecule has 0 fully saturated rings. The molecule has 1 heterocycles. The van der Waals surface area contributed by atoms with E-state index in [0.29, 0.717) is 19.1 Å². The Morgan fingerprint density at radius 1 is 1.42 bits per heavy atom. The summed E-state index contributed by atoms with van der Waals surface area (Å²) >= 11 is 0. The lowest BCUT2D eigenvalue weighted by molar-refractivity contribution is 0.320. The van der Waals surface area contributed by atoms with Crippen LogP contribution in [0.5, 0.6) is 5.75 Å². The second-order valence-corrected chi connectivity index (χ2v) is 4.31. The third kappa shape index (κ3) is 8.63. The summed E-state index contributed by atoms with van der Waals surface area (Å²) in [6.07, 6.45) is 3.43. The standard InChI is InChI=1S/C13H22N4O.HI/c1-11(2)9-17-13(14-3)16-7-8-18-12-5-4-6-15-10-12;/h4-6,10-11H,7-9H2,1-3H3,(H2,14,16,17);1H. The summed E-state index contributed by atoms with van der Waals surface area (Å²) in [5, 5.41) is 6.43. The smallest absolute Gasteiger partial charge is 0.191 e. The van der Waals surface area contributed by atoms with E-state index in [2.05, 4.69) is 34.5 Å². The van der Waals surface area contributed by atoms with Crippen LogP contribution in [0.1, 0.15) is 13.8 Å². The average Bonchev–Trinajstić information content (AvgIpc) is 2.39. The van der Waals surface area contributed by atoms with Crippen molar-refractivity contribution in [3.63, 3.8) is 0 Å². The van der Waals surface area contributed by atoms with Gasteiger partial charge in [-0.3, -0.25) is 9.98 Å². The number of rotatable bonds is 6. The van der Waals surface area contributed by atoms with E-state index >= 15 is 0 Å². The summed E-state index contributed by atoms with van der Waals surface area (Å²) in [4.78, 5) is 8.11. The molecule has 0 atom stereocenters. The normalized spacial score (nSPS) is 10.8. The molecule has 0 aliphatic rings. The first-order chi connectivity index (χ1) is 8.72. The van der Waals surface area contributed by atoms with Gasteiger partial charge in [-0.05, 0) is 18.1 Å². The molecule has 0 bridgehead atoms. The highest BCUT2D eigenvalue weighted by atomic mass is 127. The van der Waals surface area contributed by atoms with Gasteiger partial charge in [-0.2, -0.15) is 0 Å². The number of aromatic nitrogens is 1. The van der Waals surface area contributed by atoms with E-state index in [-0.39, 0.29) is 24.0 Å². The quantitative estimate of drug-likeness (QED) is 0.344. The summed E-state index contributed by atoms with van der Waals surface area (Å²) in [5.41, 5.74) is 0. The minimum atomic E-state index is 0. The van der Waals surface area contributed by atoms with Gasteiger partial charge in [-0.15, -0.1) is 24.0 Å². The minimum Gasteiger partial charge on any atom is -0.490 e. The first kappa shape index (κ1) is 17.9.